The molecule has 1 heterocycles. The molecule has 2 aromatic rings. The van der Waals surface area contributed by atoms with E-state index in [1.54, 1.807) is 6.20 Å². The molecule has 1 amide bonds. The summed E-state index contributed by atoms with van der Waals surface area (Å²) in [6.07, 6.45) is 3.66. The molecule has 0 spiro atoms. The number of rotatable bonds is 5. The number of hydrogen-bond acceptors (Lipinski definition) is 3. The number of benzene rings is 1. The van der Waals surface area contributed by atoms with Crippen LogP contribution in [0.1, 0.15) is 28.4 Å². The molecule has 104 valence electrons. The zero-order valence-electron chi connectivity index (χ0n) is 11.8. The first-order valence-corrected chi connectivity index (χ1v) is 6.72. The Morgan fingerprint density at radius 2 is 1.95 bits per heavy atom. The van der Waals surface area contributed by atoms with E-state index < -0.39 is 0 Å². The van der Waals surface area contributed by atoms with Crippen molar-refractivity contribution in [2.24, 2.45) is 0 Å². The Balaban J connectivity index is 1.98. The average Bonchev–Trinajstić information content (AvgIpc) is 2.47. The van der Waals surface area contributed by atoms with Gasteiger partial charge in [0.15, 0.2) is 0 Å². The van der Waals surface area contributed by atoms with Gasteiger partial charge in [0.1, 0.15) is 0 Å². The van der Waals surface area contributed by atoms with Gasteiger partial charge >= 0.3 is 0 Å². The molecule has 0 radical (unpaired) electrons. The molecule has 0 aliphatic rings. The molecule has 2 N–H and O–H groups in total. The van der Waals surface area contributed by atoms with Crippen molar-refractivity contribution < 1.29 is 4.79 Å². The number of carbonyl (C=O) groups excluding carboxylic acids is 1. The Bertz CT molecular complexity index is 579. The molecule has 0 fully saturated rings. The van der Waals surface area contributed by atoms with Crippen molar-refractivity contribution in [2.75, 3.05) is 11.9 Å². The third kappa shape index (κ3) is 3.57. The lowest BCUT2D eigenvalue weighted by molar-refractivity contribution is 0.0956. The second-order valence-electron chi connectivity index (χ2n) is 4.59. The Labute approximate surface area is 119 Å². The minimum absolute atomic E-state index is 0.0397. The largest absolute Gasteiger partial charge is 0.381 e. The van der Waals surface area contributed by atoms with Crippen LogP contribution in [0.4, 0.5) is 5.69 Å². The predicted octanol–water partition coefficient (Wildman–Crippen LogP) is 2.75. The zero-order chi connectivity index (χ0) is 14.4. The van der Waals surface area contributed by atoms with Gasteiger partial charge in [-0.25, -0.2) is 0 Å². The SMILES string of the molecule is CCNC(=O)c1ccc(NCc2cnccc2C)cc1. The molecule has 0 bridgehead atoms. The van der Waals surface area contributed by atoms with Crippen LogP contribution in [-0.4, -0.2) is 17.4 Å². The minimum Gasteiger partial charge on any atom is -0.381 e. The minimum atomic E-state index is -0.0397. The first-order valence-electron chi connectivity index (χ1n) is 6.72. The van der Waals surface area contributed by atoms with E-state index >= 15 is 0 Å². The summed E-state index contributed by atoms with van der Waals surface area (Å²) < 4.78 is 0. The molecule has 0 saturated carbocycles. The van der Waals surface area contributed by atoms with Gasteiger partial charge in [-0.3, -0.25) is 9.78 Å². The smallest absolute Gasteiger partial charge is 0.251 e. The van der Waals surface area contributed by atoms with E-state index in [2.05, 4.69) is 22.5 Å². The molecule has 4 heteroatoms. The highest BCUT2D eigenvalue weighted by Gasteiger charge is 2.03. The summed E-state index contributed by atoms with van der Waals surface area (Å²) >= 11 is 0. The Hall–Kier alpha value is -2.36. The van der Waals surface area contributed by atoms with Gasteiger partial charge in [-0.15, -0.1) is 0 Å². The van der Waals surface area contributed by atoms with Gasteiger partial charge in [-0.1, -0.05) is 0 Å². The third-order valence-electron chi connectivity index (χ3n) is 3.11. The maximum Gasteiger partial charge on any atom is 0.251 e. The summed E-state index contributed by atoms with van der Waals surface area (Å²) in [6, 6.07) is 9.47. The fourth-order valence-electron chi connectivity index (χ4n) is 1.88. The average molecular weight is 269 g/mol. The molecule has 0 unspecified atom stereocenters. The van der Waals surface area contributed by atoms with E-state index in [0.717, 1.165) is 12.2 Å². The lowest BCUT2D eigenvalue weighted by Crippen LogP contribution is -2.22. The van der Waals surface area contributed by atoms with Crippen molar-refractivity contribution in [3.63, 3.8) is 0 Å². The van der Waals surface area contributed by atoms with E-state index in [-0.39, 0.29) is 5.91 Å². The van der Waals surface area contributed by atoms with Crippen molar-refractivity contribution in [1.29, 1.82) is 0 Å². The van der Waals surface area contributed by atoms with Crippen LogP contribution in [0.2, 0.25) is 0 Å². The summed E-state index contributed by atoms with van der Waals surface area (Å²) in [4.78, 5) is 15.8. The van der Waals surface area contributed by atoms with Crippen LogP contribution in [-0.2, 0) is 6.54 Å². The van der Waals surface area contributed by atoms with Crippen molar-refractivity contribution in [3.8, 4) is 0 Å². The lowest BCUT2D eigenvalue weighted by atomic mass is 10.1. The Morgan fingerprint density at radius 3 is 2.60 bits per heavy atom. The third-order valence-corrected chi connectivity index (χ3v) is 3.11. The monoisotopic (exact) mass is 269 g/mol. The van der Waals surface area contributed by atoms with Gasteiger partial charge < -0.3 is 10.6 Å². The number of hydrogen-bond donors (Lipinski definition) is 2. The van der Waals surface area contributed by atoms with Gasteiger partial charge in [0.25, 0.3) is 5.91 Å². The van der Waals surface area contributed by atoms with Crippen LogP contribution < -0.4 is 10.6 Å². The van der Waals surface area contributed by atoms with Crippen molar-refractivity contribution in [1.82, 2.24) is 10.3 Å². The number of anilines is 1. The van der Waals surface area contributed by atoms with Crippen molar-refractivity contribution in [3.05, 3.63) is 59.4 Å². The first-order chi connectivity index (χ1) is 9.70. The topological polar surface area (TPSA) is 54.0 Å². The summed E-state index contributed by atoms with van der Waals surface area (Å²) in [6.45, 7) is 5.33. The van der Waals surface area contributed by atoms with Crippen LogP contribution in [0.5, 0.6) is 0 Å². The molecule has 0 saturated heterocycles. The van der Waals surface area contributed by atoms with Crippen LogP contribution in [0.25, 0.3) is 0 Å². The molecule has 20 heavy (non-hydrogen) atoms. The number of nitrogens with zero attached hydrogens (tertiary/aromatic N) is 1. The van der Waals surface area contributed by atoms with Crippen LogP contribution in [0.3, 0.4) is 0 Å². The second kappa shape index (κ2) is 6.70. The fraction of sp³-hybridized carbons (Fsp3) is 0.250. The highest BCUT2D eigenvalue weighted by Crippen LogP contribution is 2.12. The quantitative estimate of drug-likeness (QED) is 0.877. The van der Waals surface area contributed by atoms with Gasteiger partial charge in [0.05, 0.1) is 0 Å². The maximum absolute atomic E-state index is 11.6. The highest BCUT2D eigenvalue weighted by molar-refractivity contribution is 5.94. The van der Waals surface area contributed by atoms with E-state index in [0.29, 0.717) is 12.1 Å². The fourth-order valence-corrected chi connectivity index (χ4v) is 1.88. The zero-order valence-corrected chi connectivity index (χ0v) is 11.8. The summed E-state index contributed by atoms with van der Waals surface area (Å²) in [5.41, 5.74) is 4.04. The first kappa shape index (κ1) is 14.1. The Kier molecular flexibility index (Phi) is 4.71. The molecular weight excluding hydrogens is 250 g/mol. The molecule has 0 atom stereocenters. The molecular formula is C16H19N3O. The van der Waals surface area contributed by atoms with Crippen molar-refractivity contribution in [2.45, 2.75) is 20.4 Å². The number of carbonyl (C=O) groups is 1. The van der Waals surface area contributed by atoms with Gasteiger partial charge in [-0.2, -0.15) is 0 Å². The van der Waals surface area contributed by atoms with E-state index in [1.165, 1.54) is 11.1 Å². The molecule has 4 nitrogen and oxygen atoms in total. The maximum atomic E-state index is 11.6. The summed E-state index contributed by atoms with van der Waals surface area (Å²) in [5, 5.41) is 6.11. The number of aryl methyl sites for hydroxylation is 1. The summed E-state index contributed by atoms with van der Waals surface area (Å²) in [7, 11) is 0. The highest BCUT2D eigenvalue weighted by atomic mass is 16.1. The standard InChI is InChI=1S/C16H19N3O/c1-3-18-16(20)13-4-6-15(7-5-13)19-11-14-10-17-9-8-12(14)2/h4-10,19H,3,11H2,1-2H3,(H,18,20). The Morgan fingerprint density at radius 1 is 1.20 bits per heavy atom. The number of amides is 1. The molecule has 1 aromatic heterocycles. The van der Waals surface area contributed by atoms with Crippen LogP contribution >= 0.6 is 0 Å². The second-order valence-corrected chi connectivity index (χ2v) is 4.59. The molecule has 0 aliphatic heterocycles. The lowest BCUT2D eigenvalue weighted by Gasteiger charge is -2.09. The number of aromatic nitrogens is 1. The molecule has 0 aliphatic carbocycles. The molecule has 2 rings (SSSR count). The molecule has 1 aromatic carbocycles. The van der Waals surface area contributed by atoms with E-state index in [4.69, 9.17) is 0 Å². The predicted molar refractivity (Wildman–Crippen MR) is 80.7 cm³/mol. The van der Waals surface area contributed by atoms with Crippen molar-refractivity contribution >= 4 is 11.6 Å². The van der Waals surface area contributed by atoms with Gasteiger partial charge in [0, 0.05) is 36.7 Å². The van der Waals surface area contributed by atoms with Gasteiger partial charge in [-0.05, 0) is 55.3 Å². The normalized spacial score (nSPS) is 10.1. The van der Waals surface area contributed by atoms with Gasteiger partial charge in [0.2, 0.25) is 0 Å². The van der Waals surface area contributed by atoms with E-state index in [1.807, 2.05) is 43.5 Å². The summed E-state index contributed by atoms with van der Waals surface area (Å²) in [5.74, 6) is -0.0397. The van der Waals surface area contributed by atoms with E-state index in [9.17, 15) is 4.79 Å². The number of nitrogens with one attached hydrogen (secondary N) is 2. The van der Waals surface area contributed by atoms with Crippen LogP contribution in [0, 0.1) is 6.92 Å². The van der Waals surface area contributed by atoms with Crippen LogP contribution in [0.15, 0.2) is 42.7 Å². The number of pyridine rings is 1.